The number of aromatic amines is 1. The lowest BCUT2D eigenvalue weighted by atomic mass is 10.0. The first-order valence-electron chi connectivity index (χ1n) is 10.5. The number of amides is 1. The van der Waals surface area contributed by atoms with Crippen molar-refractivity contribution in [3.05, 3.63) is 35.6 Å². The number of nitrogens with one attached hydrogen (secondary N) is 2. The fourth-order valence-corrected chi connectivity index (χ4v) is 4.62. The van der Waals surface area contributed by atoms with E-state index in [9.17, 15) is 14.3 Å². The number of aromatic nitrogens is 5. The second-order valence-corrected chi connectivity index (χ2v) is 8.79. The van der Waals surface area contributed by atoms with Crippen LogP contribution >= 0.6 is 11.6 Å². The van der Waals surface area contributed by atoms with Gasteiger partial charge in [0.1, 0.15) is 11.9 Å². The first-order valence-corrected chi connectivity index (χ1v) is 10.9. The summed E-state index contributed by atoms with van der Waals surface area (Å²) >= 11 is 6.50. The highest BCUT2D eigenvalue weighted by Crippen LogP contribution is 2.43. The zero-order valence-electron chi connectivity index (χ0n) is 17.1. The molecule has 0 bridgehead atoms. The van der Waals surface area contributed by atoms with Crippen LogP contribution in [0.2, 0.25) is 5.02 Å². The number of fused-ring (bicyclic) bond motifs is 2. The minimum atomic E-state index is -1.10. The first kappa shape index (κ1) is 20.3. The minimum Gasteiger partial charge on any atom is -0.391 e. The molecule has 3 atom stereocenters. The summed E-state index contributed by atoms with van der Waals surface area (Å²) in [5, 5.41) is 19.9. The fraction of sp³-hybridized carbons (Fsp3) is 0.333. The standard InChI is InChI=1S/C21H18ClF2N7O2/c22-17-16(11-4-26-29-19(11)20(18(17)24)30-2-1-9(32)6-30)13-7-31-8-14(27-15(31)5-25-13)28-21(33)10-3-12(10)23/h4-5,7-10,12,32H,1-3,6H2,(H,26,29)(H,28,33)/t9-,10?,12?/m1/s1. The number of benzene rings is 1. The number of carbonyl (C=O) groups is 1. The maximum absolute atomic E-state index is 15.5. The first-order chi connectivity index (χ1) is 15.9. The van der Waals surface area contributed by atoms with Gasteiger partial charge in [-0.15, -0.1) is 0 Å². The van der Waals surface area contributed by atoms with E-state index in [2.05, 4.69) is 25.5 Å². The van der Waals surface area contributed by atoms with Gasteiger partial charge in [-0.05, 0) is 12.8 Å². The Morgan fingerprint density at radius 3 is 2.88 bits per heavy atom. The Morgan fingerprint density at radius 1 is 1.33 bits per heavy atom. The van der Waals surface area contributed by atoms with Gasteiger partial charge in [0.25, 0.3) is 0 Å². The highest BCUT2D eigenvalue weighted by molar-refractivity contribution is 6.36. The van der Waals surface area contributed by atoms with Crippen molar-refractivity contribution in [3.63, 3.8) is 0 Å². The van der Waals surface area contributed by atoms with Crippen LogP contribution < -0.4 is 10.2 Å². The highest BCUT2D eigenvalue weighted by atomic mass is 35.5. The van der Waals surface area contributed by atoms with Gasteiger partial charge in [-0.1, -0.05) is 11.6 Å². The van der Waals surface area contributed by atoms with Gasteiger partial charge in [0.15, 0.2) is 17.3 Å². The summed E-state index contributed by atoms with van der Waals surface area (Å²) in [5.74, 6) is -1.39. The smallest absolute Gasteiger partial charge is 0.231 e. The van der Waals surface area contributed by atoms with E-state index in [-0.39, 0.29) is 22.9 Å². The summed E-state index contributed by atoms with van der Waals surface area (Å²) in [6, 6.07) is 0. The average Bonchev–Trinajstić information content (AvgIpc) is 3.16. The van der Waals surface area contributed by atoms with E-state index in [1.807, 2.05) is 0 Å². The molecule has 3 N–H and O–H groups in total. The highest BCUT2D eigenvalue weighted by Gasteiger charge is 2.43. The molecule has 9 nitrogen and oxygen atoms in total. The largest absolute Gasteiger partial charge is 0.391 e. The number of nitrogens with zero attached hydrogens (tertiary/aromatic N) is 5. The third-order valence-corrected chi connectivity index (χ3v) is 6.50. The molecule has 170 valence electrons. The number of β-amino-alcohol motifs (C(OH)–C–C–N with tert-alkyl or cyclic N) is 1. The van der Waals surface area contributed by atoms with Crippen molar-refractivity contribution in [1.29, 1.82) is 0 Å². The quantitative estimate of drug-likeness (QED) is 0.420. The predicted octanol–water partition coefficient (Wildman–Crippen LogP) is 2.93. The molecule has 1 aliphatic heterocycles. The van der Waals surface area contributed by atoms with Crippen molar-refractivity contribution in [3.8, 4) is 11.3 Å². The molecule has 1 amide bonds. The third-order valence-electron chi connectivity index (χ3n) is 6.14. The van der Waals surface area contributed by atoms with Crippen molar-refractivity contribution in [2.45, 2.75) is 25.1 Å². The van der Waals surface area contributed by atoms with E-state index >= 15 is 4.39 Å². The zero-order valence-corrected chi connectivity index (χ0v) is 17.9. The molecule has 3 aromatic heterocycles. The number of carbonyl (C=O) groups excluding carboxylic acids is 1. The number of imidazole rings is 1. The maximum atomic E-state index is 15.5. The van der Waals surface area contributed by atoms with Crippen LogP contribution in [-0.4, -0.2) is 60.9 Å². The number of alkyl halides is 1. The number of H-pyrrole nitrogens is 1. The lowest BCUT2D eigenvalue weighted by Gasteiger charge is -2.21. The van der Waals surface area contributed by atoms with Crippen LogP contribution in [0.1, 0.15) is 12.8 Å². The molecule has 2 aliphatic rings. The van der Waals surface area contributed by atoms with Gasteiger partial charge in [0.2, 0.25) is 5.91 Å². The van der Waals surface area contributed by atoms with Crippen LogP contribution in [0, 0.1) is 11.7 Å². The monoisotopic (exact) mass is 473 g/mol. The number of hydrogen-bond acceptors (Lipinski definition) is 6. The number of aliphatic hydroxyl groups excluding tert-OH is 1. The molecular weight excluding hydrogens is 456 g/mol. The summed E-state index contributed by atoms with van der Waals surface area (Å²) in [5.41, 5.74) is 1.93. The second kappa shape index (κ2) is 7.35. The van der Waals surface area contributed by atoms with Crippen LogP contribution in [0.4, 0.5) is 20.3 Å². The molecular formula is C21H18ClF2N7O2. The molecule has 2 unspecified atom stereocenters. The van der Waals surface area contributed by atoms with Gasteiger partial charge < -0.3 is 19.7 Å². The number of hydrogen-bond donors (Lipinski definition) is 3. The van der Waals surface area contributed by atoms with Crippen LogP contribution in [0.5, 0.6) is 0 Å². The van der Waals surface area contributed by atoms with Crippen LogP contribution in [0.3, 0.4) is 0 Å². The van der Waals surface area contributed by atoms with Crippen molar-refractivity contribution in [2.24, 2.45) is 5.92 Å². The van der Waals surface area contributed by atoms with Crippen LogP contribution in [-0.2, 0) is 4.79 Å². The van der Waals surface area contributed by atoms with Gasteiger partial charge in [-0.3, -0.25) is 14.9 Å². The molecule has 0 radical (unpaired) electrons. The number of rotatable bonds is 4. The molecule has 6 rings (SSSR count). The summed E-state index contributed by atoms with van der Waals surface area (Å²) in [7, 11) is 0. The van der Waals surface area contributed by atoms with Crippen molar-refractivity contribution in [1.82, 2.24) is 24.6 Å². The van der Waals surface area contributed by atoms with E-state index in [1.54, 1.807) is 27.9 Å². The summed E-state index contributed by atoms with van der Waals surface area (Å²) in [6.07, 6.45) is 5.37. The van der Waals surface area contributed by atoms with Gasteiger partial charge in [0, 0.05) is 30.2 Å². The van der Waals surface area contributed by atoms with E-state index in [1.165, 1.54) is 6.20 Å². The molecule has 12 heteroatoms. The molecule has 0 spiro atoms. The van der Waals surface area contributed by atoms with E-state index < -0.39 is 29.9 Å². The molecule has 4 heterocycles. The Kier molecular flexibility index (Phi) is 4.53. The molecule has 1 saturated heterocycles. The normalized spacial score (nSPS) is 22.4. The molecule has 2 fully saturated rings. The number of aliphatic hydroxyl groups is 1. The maximum Gasteiger partial charge on any atom is 0.231 e. The Hall–Kier alpha value is -3.31. The van der Waals surface area contributed by atoms with Gasteiger partial charge in [0.05, 0.1) is 46.8 Å². The third kappa shape index (κ3) is 3.30. The zero-order chi connectivity index (χ0) is 22.9. The second-order valence-electron chi connectivity index (χ2n) is 8.41. The fourth-order valence-electron chi connectivity index (χ4n) is 4.33. The summed E-state index contributed by atoms with van der Waals surface area (Å²) < 4.78 is 30.2. The minimum absolute atomic E-state index is 0.108. The molecule has 33 heavy (non-hydrogen) atoms. The Labute approximate surface area is 190 Å². The van der Waals surface area contributed by atoms with E-state index in [0.717, 1.165) is 0 Å². The van der Waals surface area contributed by atoms with E-state index in [4.69, 9.17) is 11.6 Å². The average molecular weight is 474 g/mol. The van der Waals surface area contributed by atoms with Crippen molar-refractivity contribution in [2.75, 3.05) is 23.3 Å². The summed E-state index contributed by atoms with van der Waals surface area (Å²) in [6.45, 7) is 0.804. The van der Waals surface area contributed by atoms with Crippen LogP contribution in [0.25, 0.3) is 27.8 Å². The van der Waals surface area contributed by atoms with E-state index in [0.29, 0.717) is 47.3 Å². The molecule has 1 saturated carbocycles. The van der Waals surface area contributed by atoms with Crippen LogP contribution in [0.15, 0.2) is 24.8 Å². The van der Waals surface area contributed by atoms with Gasteiger partial charge in [-0.2, -0.15) is 5.10 Å². The SMILES string of the molecule is O=C(Nc1cn2cc(-c3c(Cl)c(F)c(N4CC[C@@H](O)C4)c4[nH]ncc34)ncc2n1)C1CC1F. The van der Waals surface area contributed by atoms with Crippen molar-refractivity contribution < 1.29 is 18.7 Å². The lowest BCUT2D eigenvalue weighted by molar-refractivity contribution is -0.117. The Balaban J connectivity index is 1.41. The molecule has 1 aromatic carbocycles. The molecule has 4 aromatic rings. The summed E-state index contributed by atoms with van der Waals surface area (Å²) in [4.78, 5) is 22.4. The van der Waals surface area contributed by atoms with Gasteiger partial charge in [-0.25, -0.2) is 13.8 Å². The number of halogens is 3. The number of anilines is 2. The topological polar surface area (TPSA) is 111 Å². The predicted molar refractivity (Wildman–Crippen MR) is 118 cm³/mol. The van der Waals surface area contributed by atoms with Gasteiger partial charge >= 0.3 is 0 Å². The molecule has 1 aliphatic carbocycles. The Bertz CT molecular complexity index is 1420. The Morgan fingerprint density at radius 2 is 2.15 bits per heavy atom. The van der Waals surface area contributed by atoms with Crippen molar-refractivity contribution >= 4 is 45.6 Å². The lowest BCUT2D eigenvalue weighted by Crippen LogP contribution is -2.23.